The van der Waals surface area contributed by atoms with E-state index in [0.29, 0.717) is 12.3 Å². The maximum atomic E-state index is 13.0. The first-order valence-electron chi connectivity index (χ1n) is 7.30. The Balaban J connectivity index is 2.45. The van der Waals surface area contributed by atoms with Crippen LogP contribution in [-0.4, -0.2) is 56.8 Å². The Morgan fingerprint density at radius 2 is 1.96 bits per heavy atom. The number of carbonyl (C=O) groups is 1. The minimum Gasteiger partial charge on any atom is -0.495 e. The van der Waals surface area contributed by atoms with Crippen LogP contribution in [0.25, 0.3) is 0 Å². The molecule has 0 N–H and O–H groups in total. The molecule has 1 saturated heterocycles. The fourth-order valence-electron chi connectivity index (χ4n) is 2.68. The molecule has 1 aromatic carbocycles. The molecular formula is C15H21ClN2O4S. The van der Waals surface area contributed by atoms with Gasteiger partial charge in [0.15, 0.2) is 0 Å². The van der Waals surface area contributed by atoms with Gasteiger partial charge in [0.25, 0.3) is 0 Å². The SMILES string of the molecule is COc1ccc(S(=O)(=O)N2CCN(C)C(=O)C2C(C)C)cc1Cl. The van der Waals surface area contributed by atoms with Crippen LogP contribution in [0.15, 0.2) is 23.1 Å². The molecule has 0 bridgehead atoms. The lowest BCUT2D eigenvalue weighted by molar-refractivity contribution is -0.138. The second kappa shape index (κ2) is 6.67. The van der Waals surface area contributed by atoms with Gasteiger partial charge in [0.05, 0.1) is 17.0 Å². The number of sulfonamides is 1. The van der Waals surface area contributed by atoms with Crippen molar-refractivity contribution >= 4 is 27.5 Å². The second-order valence-electron chi connectivity index (χ2n) is 5.86. The van der Waals surface area contributed by atoms with Gasteiger partial charge in [-0.05, 0) is 24.1 Å². The van der Waals surface area contributed by atoms with E-state index in [0.717, 1.165) is 0 Å². The zero-order valence-electron chi connectivity index (χ0n) is 13.6. The summed E-state index contributed by atoms with van der Waals surface area (Å²) in [6.07, 6.45) is 0. The number of halogens is 1. The number of carbonyl (C=O) groups excluding carboxylic acids is 1. The number of piperazine rings is 1. The highest BCUT2D eigenvalue weighted by Gasteiger charge is 2.42. The number of hydrogen-bond donors (Lipinski definition) is 0. The summed E-state index contributed by atoms with van der Waals surface area (Å²) >= 11 is 6.04. The standard InChI is InChI=1S/C15H21ClN2O4S/c1-10(2)14-15(19)17(3)7-8-18(14)23(20,21)11-5-6-13(22-4)12(16)9-11/h5-6,9-10,14H,7-8H2,1-4H3. The Hall–Kier alpha value is -1.31. The molecule has 1 amide bonds. The van der Waals surface area contributed by atoms with Gasteiger partial charge in [-0.25, -0.2) is 8.42 Å². The van der Waals surface area contributed by atoms with Gasteiger partial charge in [0.1, 0.15) is 11.8 Å². The van der Waals surface area contributed by atoms with Crippen molar-refractivity contribution in [1.82, 2.24) is 9.21 Å². The Morgan fingerprint density at radius 3 is 2.48 bits per heavy atom. The van der Waals surface area contributed by atoms with Crippen LogP contribution in [0.3, 0.4) is 0 Å². The Bertz CT molecular complexity index is 705. The van der Waals surface area contributed by atoms with E-state index in [1.54, 1.807) is 11.9 Å². The largest absolute Gasteiger partial charge is 0.495 e. The molecule has 128 valence electrons. The van der Waals surface area contributed by atoms with Crippen LogP contribution < -0.4 is 4.74 Å². The number of amides is 1. The predicted molar refractivity (Wildman–Crippen MR) is 88.2 cm³/mol. The second-order valence-corrected chi connectivity index (χ2v) is 8.16. The van der Waals surface area contributed by atoms with E-state index in [9.17, 15) is 13.2 Å². The van der Waals surface area contributed by atoms with Crippen LogP contribution in [0.4, 0.5) is 0 Å². The van der Waals surface area contributed by atoms with E-state index >= 15 is 0 Å². The van der Waals surface area contributed by atoms with Gasteiger partial charge >= 0.3 is 0 Å². The molecule has 1 fully saturated rings. The van der Waals surface area contributed by atoms with E-state index in [-0.39, 0.29) is 28.3 Å². The third kappa shape index (κ3) is 3.32. The predicted octanol–water partition coefficient (Wildman–Crippen LogP) is 1.84. The van der Waals surface area contributed by atoms with Crippen molar-refractivity contribution in [2.75, 3.05) is 27.2 Å². The van der Waals surface area contributed by atoms with Gasteiger partial charge in [-0.1, -0.05) is 25.4 Å². The number of nitrogens with zero attached hydrogens (tertiary/aromatic N) is 2. The van der Waals surface area contributed by atoms with Gasteiger partial charge < -0.3 is 9.64 Å². The molecule has 1 atom stereocenters. The fourth-order valence-corrected chi connectivity index (χ4v) is 4.73. The quantitative estimate of drug-likeness (QED) is 0.821. The zero-order valence-corrected chi connectivity index (χ0v) is 15.2. The summed E-state index contributed by atoms with van der Waals surface area (Å²) in [6, 6.07) is 3.60. The third-order valence-electron chi connectivity index (χ3n) is 3.96. The minimum atomic E-state index is -3.81. The summed E-state index contributed by atoms with van der Waals surface area (Å²) < 4.78 is 32.2. The molecule has 2 rings (SSSR count). The lowest BCUT2D eigenvalue weighted by atomic mass is 10.0. The maximum absolute atomic E-state index is 13.0. The van der Waals surface area contributed by atoms with E-state index in [2.05, 4.69) is 0 Å². The molecule has 1 aromatic rings. The van der Waals surface area contributed by atoms with E-state index in [1.807, 2.05) is 13.8 Å². The minimum absolute atomic E-state index is 0.0614. The average molecular weight is 361 g/mol. The van der Waals surface area contributed by atoms with Crippen molar-refractivity contribution in [3.05, 3.63) is 23.2 Å². The molecule has 0 radical (unpaired) electrons. The molecule has 0 saturated carbocycles. The first kappa shape index (κ1) is 18.0. The lowest BCUT2D eigenvalue weighted by Gasteiger charge is -2.40. The fraction of sp³-hybridized carbons (Fsp3) is 0.533. The highest BCUT2D eigenvalue weighted by Crippen LogP contribution is 2.31. The highest BCUT2D eigenvalue weighted by molar-refractivity contribution is 7.89. The van der Waals surface area contributed by atoms with Gasteiger partial charge in [0, 0.05) is 20.1 Å². The molecule has 1 aliphatic heterocycles. The molecule has 1 aliphatic rings. The summed E-state index contributed by atoms with van der Waals surface area (Å²) in [4.78, 5) is 14.0. The molecular weight excluding hydrogens is 340 g/mol. The molecule has 0 spiro atoms. The monoisotopic (exact) mass is 360 g/mol. The smallest absolute Gasteiger partial charge is 0.243 e. The van der Waals surface area contributed by atoms with Crippen LogP contribution >= 0.6 is 11.6 Å². The summed E-state index contributed by atoms with van der Waals surface area (Å²) in [7, 11) is -0.666. The van der Waals surface area contributed by atoms with E-state index in [1.165, 1.54) is 29.6 Å². The molecule has 0 aliphatic carbocycles. The third-order valence-corrected chi connectivity index (χ3v) is 6.13. The average Bonchev–Trinajstić information content (AvgIpc) is 2.49. The van der Waals surface area contributed by atoms with Crippen LogP contribution in [0.5, 0.6) is 5.75 Å². The van der Waals surface area contributed by atoms with Crippen molar-refractivity contribution in [3.63, 3.8) is 0 Å². The molecule has 6 nitrogen and oxygen atoms in total. The first-order valence-corrected chi connectivity index (χ1v) is 9.12. The van der Waals surface area contributed by atoms with Crippen molar-refractivity contribution in [3.8, 4) is 5.75 Å². The summed E-state index contributed by atoms with van der Waals surface area (Å²) in [5, 5.41) is 0.218. The lowest BCUT2D eigenvalue weighted by Crippen LogP contribution is -2.59. The van der Waals surface area contributed by atoms with Crippen molar-refractivity contribution in [1.29, 1.82) is 0 Å². The van der Waals surface area contributed by atoms with Gasteiger partial charge in [0.2, 0.25) is 15.9 Å². The van der Waals surface area contributed by atoms with Crippen LogP contribution in [0.2, 0.25) is 5.02 Å². The number of hydrogen-bond acceptors (Lipinski definition) is 4. The molecule has 1 heterocycles. The number of ether oxygens (including phenoxy) is 1. The molecule has 1 unspecified atom stereocenters. The number of methoxy groups -OCH3 is 1. The van der Waals surface area contributed by atoms with Gasteiger partial charge in [-0.2, -0.15) is 4.31 Å². The van der Waals surface area contributed by atoms with Crippen molar-refractivity contribution in [2.24, 2.45) is 5.92 Å². The highest BCUT2D eigenvalue weighted by atomic mass is 35.5. The number of rotatable bonds is 4. The molecule has 0 aromatic heterocycles. The van der Waals surface area contributed by atoms with Crippen molar-refractivity contribution < 1.29 is 17.9 Å². The maximum Gasteiger partial charge on any atom is 0.243 e. The zero-order chi connectivity index (χ0) is 17.4. The summed E-state index contributed by atoms with van der Waals surface area (Å²) in [5.41, 5.74) is 0. The molecule has 8 heteroatoms. The summed E-state index contributed by atoms with van der Waals surface area (Å²) in [5.74, 6) is 0.0867. The number of benzene rings is 1. The van der Waals surface area contributed by atoms with Gasteiger partial charge in [-0.3, -0.25) is 4.79 Å². The van der Waals surface area contributed by atoms with Gasteiger partial charge in [-0.15, -0.1) is 0 Å². The van der Waals surface area contributed by atoms with E-state index in [4.69, 9.17) is 16.3 Å². The normalized spacial score (nSPS) is 20.2. The van der Waals surface area contributed by atoms with Crippen molar-refractivity contribution in [2.45, 2.75) is 24.8 Å². The molecule has 23 heavy (non-hydrogen) atoms. The first-order chi connectivity index (χ1) is 10.7. The topological polar surface area (TPSA) is 66.9 Å². The Kier molecular flexibility index (Phi) is 5.23. The summed E-state index contributed by atoms with van der Waals surface area (Å²) in [6.45, 7) is 4.30. The van der Waals surface area contributed by atoms with Crippen LogP contribution in [0.1, 0.15) is 13.8 Å². The van der Waals surface area contributed by atoms with E-state index < -0.39 is 16.1 Å². The Morgan fingerprint density at radius 1 is 1.30 bits per heavy atom. The van der Waals surface area contributed by atoms with Crippen LogP contribution in [0, 0.1) is 5.92 Å². The Labute approximate surface area is 142 Å². The number of likely N-dealkylation sites (N-methyl/N-ethyl adjacent to an activating group) is 1. The van der Waals surface area contributed by atoms with Crippen LogP contribution in [-0.2, 0) is 14.8 Å².